The monoisotopic (exact) mass is 432 g/mol. The minimum Gasteiger partial charge on any atom is -0.395 e. The standard InChI is InChI=1S/C20H25BrN4O2/c1-13-15(21)6-2-7-16(13)22-20(27)17-11-19-18(8-4-10-25(19)23-17)24-9-3-5-14(24)12-26/h2,6-7,11,14,18,26H,3-5,8-10,12H2,1H3,(H,22,27)/t14-,18+/m1/s1. The van der Waals surface area contributed by atoms with E-state index in [2.05, 4.69) is 31.2 Å². The van der Waals surface area contributed by atoms with Crippen LogP contribution in [0.2, 0.25) is 0 Å². The number of carbonyl (C=O) groups excluding carboxylic acids is 1. The number of likely N-dealkylation sites (tertiary alicyclic amines) is 1. The molecule has 1 aromatic carbocycles. The van der Waals surface area contributed by atoms with Gasteiger partial charge in [-0.15, -0.1) is 0 Å². The number of nitrogens with zero attached hydrogens (tertiary/aromatic N) is 3. The molecule has 6 nitrogen and oxygen atoms in total. The van der Waals surface area contributed by atoms with Gasteiger partial charge in [-0.25, -0.2) is 0 Å². The molecule has 0 aliphatic carbocycles. The molecule has 1 amide bonds. The highest BCUT2D eigenvalue weighted by Gasteiger charge is 2.35. The van der Waals surface area contributed by atoms with Gasteiger partial charge in [0.15, 0.2) is 5.69 Å². The first-order valence-corrected chi connectivity index (χ1v) is 10.4. The van der Waals surface area contributed by atoms with E-state index in [1.54, 1.807) is 0 Å². The third-order valence-corrected chi connectivity index (χ3v) is 6.64. The molecule has 1 fully saturated rings. The van der Waals surface area contributed by atoms with Gasteiger partial charge in [0.25, 0.3) is 5.91 Å². The fourth-order valence-corrected chi connectivity index (χ4v) is 4.67. The third-order valence-electron chi connectivity index (χ3n) is 5.78. The van der Waals surface area contributed by atoms with E-state index in [4.69, 9.17) is 0 Å². The lowest BCUT2D eigenvalue weighted by atomic mass is 10.0. The van der Waals surface area contributed by atoms with E-state index in [1.807, 2.05) is 35.9 Å². The van der Waals surface area contributed by atoms with Crippen LogP contribution in [-0.2, 0) is 6.54 Å². The van der Waals surface area contributed by atoms with E-state index >= 15 is 0 Å². The molecule has 2 aromatic rings. The molecular weight excluding hydrogens is 408 g/mol. The van der Waals surface area contributed by atoms with Gasteiger partial charge in [-0.2, -0.15) is 5.10 Å². The SMILES string of the molecule is Cc1c(Br)cccc1NC(=O)c1cc2n(n1)CCC[C@@H]2N1CCC[C@@H]1CO. The van der Waals surface area contributed by atoms with Crippen LogP contribution in [0.15, 0.2) is 28.7 Å². The molecule has 1 aromatic heterocycles. The highest BCUT2D eigenvalue weighted by molar-refractivity contribution is 9.10. The Bertz CT molecular complexity index is 851. The second-order valence-electron chi connectivity index (χ2n) is 7.42. The van der Waals surface area contributed by atoms with Crippen LogP contribution in [0, 0.1) is 6.92 Å². The predicted molar refractivity (Wildman–Crippen MR) is 108 cm³/mol. The van der Waals surface area contributed by atoms with Crippen LogP contribution in [-0.4, -0.2) is 44.9 Å². The number of amides is 1. The summed E-state index contributed by atoms with van der Waals surface area (Å²) < 4.78 is 2.94. The van der Waals surface area contributed by atoms with Crippen molar-refractivity contribution in [1.82, 2.24) is 14.7 Å². The molecule has 2 atom stereocenters. The molecule has 2 aliphatic heterocycles. The summed E-state index contributed by atoms with van der Waals surface area (Å²) >= 11 is 3.50. The molecule has 2 aliphatic rings. The maximum Gasteiger partial charge on any atom is 0.276 e. The van der Waals surface area contributed by atoms with Crippen molar-refractivity contribution in [1.29, 1.82) is 0 Å². The van der Waals surface area contributed by atoms with E-state index in [1.165, 1.54) is 0 Å². The number of anilines is 1. The lowest BCUT2D eigenvalue weighted by Crippen LogP contribution is -2.38. The number of nitrogens with one attached hydrogen (secondary N) is 1. The zero-order valence-corrected chi connectivity index (χ0v) is 17.1. The number of carbonyl (C=O) groups is 1. The minimum atomic E-state index is -0.183. The van der Waals surface area contributed by atoms with Crippen LogP contribution in [0.25, 0.3) is 0 Å². The van der Waals surface area contributed by atoms with Crippen molar-refractivity contribution in [2.45, 2.75) is 51.2 Å². The van der Waals surface area contributed by atoms with Crippen LogP contribution < -0.4 is 5.32 Å². The summed E-state index contributed by atoms with van der Waals surface area (Å²) in [6, 6.07) is 8.15. The van der Waals surface area contributed by atoms with Gasteiger partial charge in [-0.1, -0.05) is 22.0 Å². The highest BCUT2D eigenvalue weighted by Crippen LogP contribution is 2.36. The number of benzene rings is 1. The highest BCUT2D eigenvalue weighted by atomic mass is 79.9. The molecule has 27 heavy (non-hydrogen) atoms. The maximum atomic E-state index is 12.8. The molecular formula is C20H25BrN4O2. The molecule has 7 heteroatoms. The van der Waals surface area contributed by atoms with Gasteiger partial charge >= 0.3 is 0 Å². The molecule has 0 spiro atoms. The number of hydrogen-bond acceptors (Lipinski definition) is 4. The van der Waals surface area contributed by atoms with E-state index < -0.39 is 0 Å². The van der Waals surface area contributed by atoms with Gasteiger partial charge in [0.1, 0.15) is 0 Å². The Labute approximate surface area is 167 Å². The van der Waals surface area contributed by atoms with Crippen LogP contribution in [0.4, 0.5) is 5.69 Å². The van der Waals surface area contributed by atoms with Crippen molar-refractivity contribution in [3.05, 3.63) is 45.7 Å². The summed E-state index contributed by atoms with van der Waals surface area (Å²) in [5.74, 6) is -0.183. The van der Waals surface area contributed by atoms with Gasteiger partial charge < -0.3 is 10.4 Å². The first-order chi connectivity index (χ1) is 13.1. The number of halogens is 1. The second-order valence-corrected chi connectivity index (χ2v) is 8.27. The number of hydrogen-bond donors (Lipinski definition) is 2. The third kappa shape index (κ3) is 3.56. The number of aryl methyl sites for hydroxylation is 1. The van der Waals surface area contributed by atoms with Crippen molar-refractivity contribution in [2.75, 3.05) is 18.5 Å². The molecule has 0 bridgehead atoms. The van der Waals surface area contributed by atoms with E-state index in [9.17, 15) is 9.90 Å². The van der Waals surface area contributed by atoms with Crippen molar-refractivity contribution < 1.29 is 9.90 Å². The van der Waals surface area contributed by atoms with Crippen molar-refractivity contribution in [2.24, 2.45) is 0 Å². The zero-order chi connectivity index (χ0) is 19.0. The Kier molecular flexibility index (Phi) is 5.34. The summed E-state index contributed by atoms with van der Waals surface area (Å²) in [6.45, 7) is 4.00. The summed E-state index contributed by atoms with van der Waals surface area (Å²) in [6.07, 6.45) is 4.25. The van der Waals surface area contributed by atoms with Gasteiger partial charge in [0.2, 0.25) is 0 Å². The van der Waals surface area contributed by atoms with Crippen molar-refractivity contribution >= 4 is 27.5 Å². The Balaban J connectivity index is 1.57. The van der Waals surface area contributed by atoms with Gasteiger partial charge in [0.05, 0.1) is 18.3 Å². The quantitative estimate of drug-likeness (QED) is 0.775. The Morgan fingerprint density at radius 2 is 2.15 bits per heavy atom. The number of aliphatic hydroxyl groups excluding tert-OH is 1. The first kappa shape index (κ1) is 18.7. The normalized spacial score (nSPS) is 22.6. The summed E-state index contributed by atoms with van der Waals surface area (Å²) in [7, 11) is 0. The summed E-state index contributed by atoms with van der Waals surface area (Å²) in [5.41, 5.74) is 3.33. The molecule has 144 valence electrons. The van der Waals surface area contributed by atoms with Crippen molar-refractivity contribution in [3.63, 3.8) is 0 Å². The molecule has 2 N–H and O–H groups in total. The lowest BCUT2D eigenvalue weighted by molar-refractivity contribution is 0.1000. The van der Waals surface area contributed by atoms with Crippen molar-refractivity contribution in [3.8, 4) is 0 Å². The number of rotatable bonds is 4. The van der Waals surface area contributed by atoms with Crippen LogP contribution in [0.3, 0.4) is 0 Å². The molecule has 0 radical (unpaired) electrons. The Morgan fingerprint density at radius 3 is 2.96 bits per heavy atom. The van der Waals surface area contributed by atoms with Gasteiger partial charge in [-0.3, -0.25) is 14.4 Å². The lowest BCUT2D eigenvalue weighted by Gasteiger charge is -2.35. The van der Waals surface area contributed by atoms with E-state index in [-0.39, 0.29) is 24.6 Å². The average Bonchev–Trinajstić information content (AvgIpc) is 3.31. The fourth-order valence-electron chi connectivity index (χ4n) is 4.30. The van der Waals surface area contributed by atoms with Crippen LogP contribution >= 0.6 is 15.9 Å². The number of aliphatic hydroxyl groups is 1. The summed E-state index contributed by atoms with van der Waals surface area (Å²) in [4.78, 5) is 15.2. The second kappa shape index (κ2) is 7.73. The smallest absolute Gasteiger partial charge is 0.276 e. The molecule has 4 rings (SSSR count). The zero-order valence-electron chi connectivity index (χ0n) is 15.5. The maximum absolute atomic E-state index is 12.8. The van der Waals surface area contributed by atoms with E-state index in [0.717, 1.165) is 60.2 Å². The fraction of sp³-hybridized carbons (Fsp3) is 0.500. The number of aromatic nitrogens is 2. The molecule has 0 unspecified atom stereocenters. The Hall–Kier alpha value is -1.70. The topological polar surface area (TPSA) is 70.4 Å². The molecule has 0 saturated carbocycles. The van der Waals surface area contributed by atoms with E-state index in [0.29, 0.717) is 5.69 Å². The van der Waals surface area contributed by atoms with Crippen LogP contribution in [0.1, 0.15) is 53.5 Å². The van der Waals surface area contributed by atoms with Gasteiger partial charge in [-0.05, 0) is 62.9 Å². The molecule has 3 heterocycles. The summed E-state index contributed by atoms with van der Waals surface area (Å²) in [5, 5.41) is 17.2. The van der Waals surface area contributed by atoms with Gasteiger partial charge in [0, 0.05) is 22.7 Å². The largest absolute Gasteiger partial charge is 0.395 e. The Morgan fingerprint density at radius 1 is 1.33 bits per heavy atom. The average molecular weight is 433 g/mol. The minimum absolute atomic E-state index is 0.183. The molecule has 1 saturated heterocycles. The van der Waals surface area contributed by atoms with Crippen LogP contribution in [0.5, 0.6) is 0 Å². The first-order valence-electron chi connectivity index (χ1n) is 9.59. The predicted octanol–water partition coefficient (Wildman–Crippen LogP) is 3.50. The number of fused-ring (bicyclic) bond motifs is 1.